The number of rotatable bonds is 11. The van der Waals surface area contributed by atoms with Crippen LogP contribution in [0.3, 0.4) is 0 Å². The third kappa shape index (κ3) is 6.76. The van der Waals surface area contributed by atoms with Crippen LogP contribution >= 0.6 is 0 Å². The molecule has 1 N–H and O–H groups in total. The summed E-state index contributed by atoms with van der Waals surface area (Å²) in [6.07, 6.45) is 8.92. The van der Waals surface area contributed by atoms with Crippen molar-refractivity contribution in [3.05, 3.63) is 95.2 Å². The zero-order valence-electron chi connectivity index (χ0n) is 25.4. The Kier molecular flexibility index (Phi) is 9.61. The molecule has 5 rings (SSSR count). The van der Waals surface area contributed by atoms with Crippen LogP contribution in [0.4, 0.5) is 0 Å². The molecule has 3 aromatic carbocycles. The number of phenolic OH excluding ortho intramolecular Hbond substituents is 1. The second-order valence-corrected chi connectivity index (χ2v) is 12.1. The Morgan fingerprint density at radius 3 is 2.12 bits per heavy atom. The van der Waals surface area contributed by atoms with Gasteiger partial charge in [0.25, 0.3) is 0 Å². The van der Waals surface area contributed by atoms with Crippen LogP contribution in [0.1, 0.15) is 87.2 Å². The van der Waals surface area contributed by atoms with Crippen molar-refractivity contribution in [1.82, 2.24) is 14.5 Å². The summed E-state index contributed by atoms with van der Waals surface area (Å²) in [5, 5.41) is 10.5. The number of aromatic nitrogens is 2. The number of nitrogens with zero attached hydrogens (tertiary/aromatic N) is 3. The highest BCUT2D eigenvalue weighted by Crippen LogP contribution is 2.38. The van der Waals surface area contributed by atoms with E-state index in [9.17, 15) is 5.11 Å². The Balaban J connectivity index is 1.63. The first-order valence-electron chi connectivity index (χ1n) is 15.7. The summed E-state index contributed by atoms with van der Waals surface area (Å²) in [6.45, 7) is 11.6. The van der Waals surface area contributed by atoms with Gasteiger partial charge >= 0.3 is 0 Å². The molecule has 41 heavy (non-hydrogen) atoms. The zero-order valence-corrected chi connectivity index (χ0v) is 25.4. The molecule has 1 aromatic heterocycles. The average Bonchev–Trinajstić information content (AvgIpc) is 3.39. The van der Waals surface area contributed by atoms with E-state index < -0.39 is 0 Å². The van der Waals surface area contributed by atoms with Crippen LogP contribution in [0.15, 0.2) is 72.8 Å². The smallest absolute Gasteiger partial charge is 0.140 e. The molecule has 1 aliphatic rings. The highest BCUT2D eigenvalue weighted by Gasteiger charge is 2.29. The van der Waals surface area contributed by atoms with Gasteiger partial charge in [0, 0.05) is 36.8 Å². The van der Waals surface area contributed by atoms with E-state index in [1.807, 2.05) is 13.8 Å². The van der Waals surface area contributed by atoms with Crippen LogP contribution in [0.25, 0.3) is 22.6 Å². The Labute approximate surface area is 247 Å². The number of benzene rings is 3. The molecular weight excluding hydrogens is 502 g/mol. The lowest BCUT2D eigenvalue weighted by molar-refractivity contribution is 0.145. The second-order valence-electron chi connectivity index (χ2n) is 12.1. The van der Waals surface area contributed by atoms with E-state index in [4.69, 9.17) is 4.98 Å². The fourth-order valence-corrected chi connectivity index (χ4v) is 6.65. The Morgan fingerprint density at radius 1 is 0.902 bits per heavy atom. The van der Waals surface area contributed by atoms with Crippen LogP contribution in [0.2, 0.25) is 0 Å². The van der Waals surface area contributed by atoms with Crippen molar-refractivity contribution in [1.29, 1.82) is 0 Å². The molecule has 0 unspecified atom stereocenters. The van der Waals surface area contributed by atoms with Gasteiger partial charge in [0.1, 0.15) is 11.6 Å². The van der Waals surface area contributed by atoms with Crippen molar-refractivity contribution in [3.63, 3.8) is 0 Å². The van der Waals surface area contributed by atoms with E-state index in [-0.39, 0.29) is 6.04 Å². The molecule has 1 atom stereocenters. The van der Waals surface area contributed by atoms with Gasteiger partial charge in [0.05, 0.1) is 11.4 Å². The summed E-state index contributed by atoms with van der Waals surface area (Å²) in [7, 11) is 0. The SMILES string of the molecule is CCCCn1c(-c2ccccc2)nc(-c2ccccc2)c1[C@H](C)N(Cc1cc(C)c(O)c(C)c1)CC1CCCCC1. The molecule has 0 bridgehead atoms. The summed E-state index contributed by atoms with van der Waals surface area (Å²) >= 11 is 0. The first kappa shape index (κ1) is 29.1. The van der Waals surface area contributed by atoms with Gasteiger partial charge in [-0.3, -0.25) is 4.90 Å². The monoisotopic (exact) mass is 549 g/mol. The van der Waals surface area contributed by atoms with Crippen molar-refractivity contribution in [2.24, 2.45) is 5.92 Å². The minimum absolute atomic E-state index is 0.170. The number of hydrogen-bond donors (Lipinski definition) is 1. The van der Waals surface area contributed by atoms with Crippen LogP contribution < -0.4 is 0 Å². The van der Waals surface area contributed by atoms with Crippen molar-refractivity contribution in [3.8, 4) is 28.4 Å². The van der Waals surface area contributed by atoms with Crippen LogP contribution in [-0.2, 0) is 13.1 Å². The third-order valence-electron chi connectivity index (χ3n) is 8.92. The summed E-state index contributed by atoms with van der Waals surface area (Å²) in [4.78, 5) is 8.10. The van der Waals surface area contributed by atoms with Crippen LogP contribution in [0, 0.1) is 19.8 Å². The van der Waals surface area contributed by atoms with E-state index in [1.54, 1.807) is 0 Å². The summed E-state index contributed by atoms with van der Waals surface area (Å²) in [5.74, 6) is 2.19. The maximum absolute atomic E-state index is 10.5. The van der Waals surface area contributed by atoms with Gasteiger partial charge in [-0.15, -0.1) is 0 Å². The van der Waals surface area contributed by atoms with Gasteiger partial charge in [0.15, 0.2) is 0 Å². The quantitative estimate of drug-likeness (QED) is 0.203. The summed E-state index contributed by atoms with van der Waals surface area (Å²) in [6, 6.07) is 25.9. The predicted molar refractivity (Wildman–Crippen MR) is 171 cm³/mol. The number of unbranched alkanes of at least 4 members (excludes halogenated alkanes) is 1. The van der Waals surface area contributed by atoms with E-state index >= 15 is 0 Å². The van der Waals surface area contributed by atoms with Crippen molar-refractivity contribution in [2.45, 2.75) is 91.8 Å². The number of phenols is 1. The molecule has 0 radical (unpaired) electrons. The first-order chi connectivity index (χ1) is 20.0. The summed E-state index contributed by atoms with van der Waals surface area (Å²) in [5.41, 5.74) is 7.93. The highest BCUT2D eigenvalue weighted by molar-refractivity contribution is 5.69. The zero-order chi connectivity index (χ0) is 28.8. The minimum atomic E-state index is 0.170. The molecule has 216 valence electrons. The maximum atomic E-state index is 10.5. The van der Waals surface area contributed by atoms with Gasteiger partial charge in [-0.2, -0.15) is 0 Å². The molecule has 1 fully saturated rings. The predicted octanol–water partition coefficient (Wildman–Crippen LogP) is 9.48. The average molecular weight is 550 g/mol. The molecule has 1 saturated carbocycles. The summed E-state index contributed by atoms with van der Waals surface area (Å²) < 4.78 is 2.52. The van der Waals surface area contributed by atoms with E-state index in [2.05, 4.69) is 96.1 Å². The normalized spacial score (nSPS) is 15.0. The lowest BCUT2D eigenvalue weighted by atomic mass is 9.88. The van der Waals surface area contributed by atoms with Gasteiger partial charge in [-0.25, -0.2) is 4.98 Å². The molecule has 0 spiro atoms. The van der Waals surface area contributed by atoms with E-state index in [1.165, 1.54) is 54.5 Å². The number of hydrogen-bond acceptors (Lipinski definition) is 3. The second kappa shape index (κ2) is 13.5. The number of aromatic hydroxyl groups is 1. The number of aryl methyl sites for hydroxylation is 2. The minimum Gasteiger partial charge on any atom is -0.507 e. The largest absolute Gasteiger partial charge is 0.507 e. The number of imidazole rings is 1. The Bertz CT molecular complexity index is 1380. The molecule has 0 amide bonds. The van der Waals surface area contributed by atoms with E-state index in [0.29, 0.717) is 11.7 Å². The van der Waals surface area contributed by atoms with E-state index in [0.717, 1.165) is 55.1 Å². The van der Waals surface area contributed by atoms with Gasteiger partial charge in [0.2, 0.25) is 0 Å². The molecular formula is C37H47N3O. The molecule has 4 aromatic rings. The molecule has 4 nitrogen and oxygen atoms in total. The molecule has 0 saturated heterocycles. The van der Waals surface area contributed by atoms with Crippen molar-refractivity contribution in [2.75, 3.05) is 6.54 Å². The fourth-order valence-electron chi connectivity index (χ4n) is 6.65. The Morgan fingerprint density at radius 2 is 1.51 bits per heavy atom. The van der Waals surface area contributed by atoms with Crippen molar-refractivity contribution >= 4 is 0 Å². The molecule has 1 heterocycles. The third-order valence-corrected chi connectivity index (χ3v) is 8.92. The van der Waals surface area contributed by atoms with Crippen molar-refractivity contribution < 1.29 is 5.11 Å². The topological polar surface area (TPSA) is 41.3 Å². The van der Waals surface area contributed by atoms with Gasteiger partial charge in [-0.05, 0) is 62.6 Å². The van der Waals surface area contributed by atoms with Crippen LogP contribution in [0.5, 0.6) is 5.75 Å². The highest BCUT2D eigenvalue weighted by atomic mass is 16.3. The first-order valence-corrected chi connectivity index (χ1v) is 15.7. The lowest BCUT2D eigenvalue weighted by Gasteiger charge is -2.35. The maximum Gasteiger partial charge on any atom is 0.140 e. The molecule has 1 aliphatic carbocycles. The molecule has 4 heteroatoms. The Hall–Kier alpha value is -3.37. The lowest BCUT2D eigenvalue weighted by Crippen LogP contribution is -2.34. The van der Waals surface area contributed by atoms with Gasteiger partial charge in [-0.1, -0.05) is 105 Å². The standard InChI is InChI=1S/C37H47N3O/c1-5-6-22-40-35(34(32-18-12-8-13-19-32)38-37(40)33-20-14-9-15-21-33)29(4)39(25-30-16-10-7-11-17-30)26-31-23-27(2)36(41)28(3)24-31/h8-9,12-15,18-21,23-24,29-30,41H,5-7,10-11,16-17,22,25-26H2,1-4H3/t29-/m0/s1. The van der Waals surface area contributed by atoms with Crippen LogP contribution in [-0.4, -0.2) is 26.1 Å². The van der Waals surface area contributed by atoms with Gasteiger partial charge < -0.3 is 9.67 Å². The molecule has 0 aliphatic heterocycles. The fraction of sp³-hybridized carbons (Fsp3) is 0.432.